The highest BCUT2D eigenvalue weighted by molar-refractivity contribution is 5.91. The fraction of sp³-hybridized carbons (Fsp3) is 0.357. The van der Waals surface area contributed by atoms with Crippen molar-refractivity contribution in [1.29, 1.82) is 0 Å². The molecule has 1 rings (SSSR count). The number of hydrogen-bond acceptors (Lipinski definition) is 3. The third-order valence-electron chi connectivity index (χ3n) is 2.64. The van der Waals surface area contributed by atoms with Crippen LogP contribution in [0.1, 0.15) is 32.3 Å². The topological polar surface area (TPSA) is 72.2 Å². The SMILES string of the molecule is CCCC(C)NC(=O)C=Cc1ccc([N+](=O)[O-])cc1. The molecule has 1 aromatic rings. The van der Waals surface area contributed by atoms with E-state index in [1.807, 2.05) is 6.92 Å². The molecule has 1 N–H and O–H groups in total. The molecular weight excluding hydrogens is 244 g/mol. The molecule has 1 amide bonds. The summed E-state index contributed by atoms with van der Waals surface area (Å²) in [4.78, 5) is 21.6. The number of carbonyl (C=O) groups is 1. The lowest BCUT2D eigenvalue weighted by atomic mass is 10.2. The van der Waals surface area contributed by atoms with Gasteiger partial charge in [-0.25, -0.2) is 0 Å². The first-order valence-electron chi connectivity index (χ1n) is 6.26. The lowest BCUT2D eigenvalue weighted by Gasteiger charge is -2.10. The number of non-ortho nitro benzene ring substituents is 1. The van der Waals surface area contributed by atoms with Gasteiger partial charge in [0.25, 0.3) is 5.69 Å². The number of benzene rings is 1. The van der Waals surface area contributed by atoms with Crippen LogP contribution in [0.25, 0.3) is 6.08 Å². The average molecular weight is 262 g/mol. The van der Waals surface area contributed by atoms with E-state index in [-0.39, 0.29) is 17.6 Å². The lowest BCUT2D eigenvalue weighted by Crippen LogP contribution is -2.30. The summed E-state index contributed by atoms with van der Waals surface area (Å²) in [6, 6.07) is 6.20. The third kappa shape index (κ3) is 5.33. The Balaban J connectivity index is 2.56. The van der Waals surface area contributed by atoms with E-state index in [2.05, 4.69) is 12.2 Å². The van der Waals surface area contributed by atoms with Gasteiger partial charge in [0.2, 0.25) is 5.91 Å². The van der Waals surface area contributed by atoms with E-state index < -0.39 is 4.92 Å². The fourth-order valence-electron chi connectivity index (χ4n) is 1.68. The molecule has 0 saturated carbocycles. The quantitative estimate of drug-likeness (QED) is 0.486. The van der Waals surface area contributed by atoms with Crippen LogP contribution in [0, 0.1) is 10.1 Å². The van der Waals surface area contributed by atoms with E-state index in [0.29, 0.717) is 0 Å². The molecule has 0 spiro atoms. The highest BCUT2D eigenvalue weighted by atomic mass is 16.6. The van der Waals surface area contributed by atoms with Crippen molar-refractivity contribution in [3.63, 3.8) is 0 Å². The summed E-state index contributed by atoms with van der Waals surface area (Å²) in [5.74, 6) is -0.153. The average Bonchev–Trinajstić information content (AvgIpc) is 2.37. The van der Waals surface area contributed by atoms with E-state index in [1.165, 1.54) is 18.2 Å². The molecule has 1 unspecified atom stereocenters. The number of nitrogens with one attached hydrogen (secondary N) is 1. The van der Waals surface area contributed by atoms with Crippen LogP contribution in [-0.4, -0.2) is 16.9 Å². The minimum absolute atomic E-state index is 0.0400. The van der Waals surface area contributed by atoms with E-state index in [1.54, 1.807) is 18.2 Å². The molecule has 19 heavy (non-hydrogen) atoms. The molecule has 0 aromatic heterocycles. The Morgan fingerprint density at radius 2 is 2.05 bits per heavy atom. The zero-order valence-electron chi connectivity index (χ0n) is 11.1. The third-order valence-corrected chi connectivity index (χ3v) is 2.64. The van der Waals surface area contributed by atoms with Gasteiger partial charge in [-0.05, 0) is 37.1 Å². The second-order valence-electron chi connectivity index (χ2n) is 4.38. The van der Waals surface area contributed by atoms with E-state index in [4.69, 9.17) is 0 Å². The van der Waals surface area contributed by atoms with Gasteiger partial charge in [0.1, 0.15) is 0 Å². The Kier molecular flexibility index (Phi) is 5.73. The number of nitrogens with zero attached hydrogens (tertiary/aromatic N) is 1. The first kappa shape index (κ1) is 14.9. The maximum Gasteiger partial charge on any atom is 0.269 e. The first-order valence-corrected chi connectivity index (χ1v) is 6.26. The minimum atomic E-state index is -0.452. The molecule has 1 aromatic carbocycles. The van der Waals surface area contributed by atoms with E-state index in [0.717, 1.165) is 18.4 Å². The van der Waals surface area contributed by atoms with Crippen LogP contribution < -0.4 is 5.32 Å². The summed E-state index contributed by atoms with van der Waals surface area (Å²) in [7, 11) is 0. The summed E-state index contributed by atoms with van der Waals surface area (Å²) in [5.41, 5.74) is 0.794. The monoisotopic (exact) mass is 262 g/mol. The maximum absolute atomic E-state index is 11.6. The molecular formula is C14H18N2O3. The molecule has 0 aliphatic carbocycles. The summed E-state index contributed by atoms with van der Waals surface area (Å²) in [6.45, 7) is 4.02. The second-order valence-corrected chi connectivity index (χ2v) is 4.38. The van der Waals surface area contributed by atoms with Gasteiger partial charge in [-0.2, -0.15) is 0 Å². The summed E-state index contributed by atoms with van der Waals surface area (Å²) >= 11 is 0. The molecule has 1 atom stereocenters. The van der Waals surface area contributed by atoms with E-state index in [9.17, 15) is 14.9 Å². The molecule has 0 aliphatic heterocycles. The molecule has 0 saturated heterocycles. The Bertz CT molecular complexity index is 466. The molecule has 0 aliphatic rings. The molecule has 102 valence electrons. The smallest absolute Gasteiger partial charge is 0.269 e. The van der Waals surface area contributed by atoms with Crippen molar-refractivity contribution >= 4 is 17.7 Å². The van der Waals surface area contributed by atoms with Crippen molar-refractivity contribution in [2.45, 2.75) is 32.7 Å². The van der Waals surface area contributed by atoms with Crippen LogP contribution in [-0.2, 0) is 4.79 Å². The highest BCUT2D eigenvalue weighted by Crippen LogP contribution is 2.12. The first-order chi connectivity index (χ1) is 9.02. The van der Waals surface area contributed by atoms with Crippen LogP contribution in [0.5, 0.6) is 0 Å². The van der Waals surface area contributed by atoms with Gasteiger partial charge < -0.3 is 5.32 Å². The van der Waals surface area contributed by atoms with Crippen LogP contribution in [0.4, 0.5) is 5.69 Å². The molecule has 0 bridgehead atoms. The second kappa shape index (κ2) is 7.31. The standard InChI is InChI=1S/C14H18N2O3/c1-3-4-11(2)15-14(17)10-7-12-5-8-13(9-6-12)16(18)19/h5-11H,3-4H2,1-2H3,(H,15,17). The van der Waals surface area contributed by atoms with Crippen molar-refractivity contribution in [2.75, 3.05) is 0 Å². The van der Waals surface area contributed by atoms with Gasteiger partial charge in [0.05, 0.1) is 4.92 Å². The Labute approximate surface area is 112 Å². The molecule has 0 heterocycles. The number of rotatable bonds is 6. The fourth-order valence-corrected chi connectivity index (χ4v) is 1.68. The predicted octanol–water partition coefficient (Wildman–Crippen LogP) is 2.91. The lowest BCUT2D eigenvalue weighted by molar-refractivity contribution is -0.384. The number of hydrogen-bond donors (Lipinski definition) is 1. The number of nitro groups is 1. The summed E-state index contributed by atoms with van der Waals surface area (Å²) in [6.07, 6.45) is 5.04. The van der Waals surface area contributed by atoms with Gasteiger partial charge in [-0.1, -0.05) is 13.3 Å². The Morgan fingerprint density at radius 1 is 1.42 bits per heavy atom. The van der Waals surface area contributed by atoms with Crippen molar-refractivity contribution in [3.8, 4) is 0 Å². The summed E-state index contributed by atoms with van der Waals surface area (Å²) < 4.78 is 0. The van der Waals surface area contributed by atoms with Crippen LogP contribution >= 0.6 is 0 Å². The molecule has 5 nitrogen and oxygen atoms in total. The highest BCUT2D eigenvalue weighted by Gasteiger charge is 2.04. The summed E-state index contributed by atoms with van der Waals surface area (Å²) in [5, 5.41) is 13.3. The molecule has 0 fully saturated rings. The number of carbonyl (C=O) groups excluding carboxylic acids is 1. The number of nitro benzene ring substituents is 1. The van der Waals surface area contributed by atoms with Gasteiger partial charge in [0, 0.05) is 24.3 Å². The zero-order valence-corrected chi connectivity index (χ0v) is 11.1. The van der Waals surface area contributed by atoms with Crippen LogP contribution in [0.3, 0.4) is 0 Å². The van der Waals surface area contributed by atoms with Crippen molar-refractivity contribution in [2.24, 2.45) is 0 Å². The maximum atomic E-state index is 11.6. The van der Waals surface area contributed by atoms with E-state index >= 15 is 0 Å². The van der Waals surface area contributed by atoms with Gasteiger partial charge in [0.15, 0.2) is 0 Å². The predicted molar refractivity (Wildman–Crippen MR) is 74.6 cm³/mol. The van der Waals surface area contributed by atoms with Crippen molar-refractivity contribution < 1.29 is 9.72 Å². The van der Waals surface area contributed by atoms with Crippen molar-refractivity contribution in [3.05, 3.63) is 46.0 Å². The zero-order chi connectivity index (χ0) is 14.3. The molecule has 5 heteroatoms. The molecule has 0 radical (unpaired) electrons. The van der Waals surface area contributed by atoms with Crippen molar-refractivity contribution in [1.82, 2.24) is 5.32 Å². The Hall–Kier alpha value is -2.17. The van der Waals surface area contributed by atoms with Crippen LogP contribution in [0.15, 0.2) is 30.3 Å². The minimum Gasteiger partial charge on any atom is -0.350 e. The normalized spacial score (nSPS) is 12.3. The number of amides is 1. The van der Waals surface area contributed by atoms with Gasteiger partial charge >= 0.3 is 0 Å². The van der Waals surface area contributed by atoms with Gasteiger partial charge in [-0.15, -0.1) is 0 Å². The van der Waals surface area contributed by atoms with Gasteiger partial charge in [-0.3, -0.25) is 14.9 Å². The largest absolute Gasteiger partial charge is 0.350 e. The Morgan fingerprint density at radius 3 is 2.58 bits per heavy atom. The van der Waals surface area contributed by atoms with Crippen LogP contribution in [0.2, 0.25) is 0 Å².